The maximum atomic E-state index is 14.4. The smallest absolute Gasteiger partial charge is 0.310 e. The highest BCUT2D eigenvalue weighted by atomic mass is 16.7. The summed E-state index contributed by atoms with van der Waals surface area (Å²) in [6, 6.07) is 14.5. The molecule has 2 saturated heterocycles. The Hall–Kier alpha value is -5.10. The van der Waals surface area contributed by atoms with Gasteiger partial charge in [0.2, 0.25) is 18.1 Å². The summed E-state index contributed by atoms with van der Waals surface area (Å²) in [5.74, 6) is -2.29. The topological polar surface area (TPSA) is 147 Å². The number of cyclic esters (lactones) is 1. The van der Waals surface area contributed by atoms with E-state index in [1.807, 2.05) is 36.4 Å². The van der Waals surface area contributed by atoms with Gasteiger partial charge in [-0.25, -0.2) is 0 Å². The van der Waals surface area contributed by atoms with E-state index in [1.165, 1.54) is 4.90 Å². The molecule has 2 fully saturated rings. The van der Waals surface area contributed by atoms with Crippen molar-refractivity contribution < 1.29 is 33.4 Å². The monoisotopic (exact) mass is 625 g/mol. The second kappa shape index (κ2) is 13.5. The van der Waals surface area contributed by atoms with Crippen LogP contribution in [0.15, 0.2) is 79.0 Å². The van der Waals surface area contributed by atoms with Crippen LogP contribution in [0, 0.1) is 0 Å². The number of hydrogen-bond acceptors (Lipinski definition) is 8. The average Bonchev–Trinajstić information content (AvgIpc) is 3.42. The van der Waals surface area contributed by atoms with Gasteiger partial charge in [0.1, 0.15) is 23.8 Å². The van der Waals surface area contributed by atoms with Crippen LogP contribution in [-0.4, -0.2) is 94.5 Å². The molecule has 2 aromatic carbocycles. The summed E-state index contributed by atoms with van der Waals surface area (Å²) in [6.45, 7) is 2.11. The van der Waals surface area contributed by atoms with Gasteiger partial charge in [-0.2, -0.15) is 0 Å². The third-order valence-corrected chi connectivity index (χ3v) is 8.48. The van der Waals surface area contributed by atoms with Crippen LogP contribution < -0.4 is 10.6 Å². The average molecular weight is 626 g/mol. The first-order valence-corrected chi connectivity index (χ1v) is 15.4. The lowest BCUT2D eigenvalue weighted by atomic mass is 9.96. The first-order valence-electron chi connectivity index (χ1n) is 15.4. The molecule has 0 spiro atoms. The Morgan fingerprint density at radius 1 is 0.957 bits per heavy atom. The highest BCUT2D eigenvalue weighted by Gasteiger charge is 2.46. The Morgan fingerprint density at radius 3 is 2.52 bits per heavy atom. The molecule has 6 rings (SSSR count). The van der Waals surface area contributed by atoms with Crippen molar-refractivity contribution >= 4 is 40.4 Å². The Bertz CT molecular complexity index is 1670. The van der Waals surface area contributed by atoms with E-state index in [9.17, 15) is 24.0 Å². The summed E-state index contributed by atoms with van der Waals surface area (Å²) < 4.78 is 10.8. The molecular formula is C34H35N5O7. The van der Waals surface area contributed by atoms with Crippen molar-refractivity contribution in [2.45, 2.75) is 56.6 Å². The van der Waals surface area contributed by atoms with Gasteiger partial charge in [-0.05, 0) is 43.4 Å². The third kappa shape index (κ3) is 6.34. The normalized spacial score (nSPS) is 24.5. The van der Waals surface area contributed by atoms with Gasteiger partial charge in [-0.1, -0.05) is 54.6 Å². The molecule has 12 heteroatoms. The molecule has 0 bridgehead atoms. The SMILES string of the molecule is CCOC1OC(=O)CC1NC(=O)[C@@H]1CN(C(=O)c2ccccc2)C[C@@H]2CC=CC[C@H](NC(=O)c3nccc4ccccc34)C(=O)N21. The minimum absolute atomic E-state index is 0.0854. The van der Waals surface area contributed by atoms with Crippen LogP contribution in [-0.2, 0) is 23.9 Å². The Balaban J connectivity index is 1.30. The van der Waals surface area contributed by atoms with Crippen LogP contribution in [0.2, 0.25) is 0 Å². The molecule has 3 aliphatic heterocycles. The molecule has 1 aromatic heterocycles. The van der Waals surface area contributed by atoms with Crippen molar-refractivity contribution in [1.29, 1.82) is 0 Å². The van der Waals surface area contributed by atoms with E-state index in [0.29, 0.717) is 17.4 Å². The predicted molar refractivity (Wildman–Crippen MR) is 166 cm³/mol. The molecule has 12 nitrogen and oxygen atoms in total. The first kappa shape index (κ1) is 30.9. The molecule has 3 aliphatic rings. The molecule has 46 heavy (non-hydrogen) atoms. The van der Waals surface area contributed by atoms with E-state index in [4.69, 9.17) is 9.47 Å². The summed E-state index contributed by atoms with van der Waals surface area (Å²) in [5.41, 5.74) is 0.649. The maximum absolute atomic E-state index is 14.4. The molecule has 3 aromatic rings. The van der Waals surface area contributed by atoms with Crippen LogP contribution >= 0.6 is 0 Å². The third-order valence-electron chi connectivity index (χ3n) is 8.48. The van der Waals surface area contributed by atoms with Crippen LogP contribution in [0.3, 0.4) is 0 Å². The molecule has 5 atom stereocenters. The van der Waals surface area contributed by atoms with Crippen LogP contribution in [0.5, 0.6) is 0 Å². The minimum atomic E-state index is -1.11. The van der Waals surface area contributed by atoms with Gasteiger partial charge in [0.15, 0.2) is 0 Å². The number of hydrogen-bond donors (Lipinski definition) is 2. The van der Waals surface area contributed by atoms with E-state index in [1.54, 1.807) is 54.4 Å². The number of ether oxygens (including phenoxy) is 2. The fraction of sp³-hybridized carbons (Fsp3) is 0.353. The van der Waals surface area contributed by atoms with E-state index in [2.05, 4.69) is 15.6 Å². The molecule has 238 valence electrons. The highest BCUT2D eigenvalue weighted by molar-refractivity contribution is 6.06. The molecule has 2 unspecified atom stereocenters. The van der Waals surface area contributed by atoms with Crippen LogP contribution in [0.1, 0.15) is 47.0 Å². The predicted octanol–water partition coefficient (Wildman–Crippen LogP) is 2.20. The molecule has 0 radical (unpaired) electrons. The number of aromatic nitrogens is 1. The van der Waals surface area contributed by atoms with E-state index in [-0.39, 0.29) is 44.1 Å². The summed E-state index contributed by atoms with van der Waals surface area (Å²) in [4.78, 5) is 75.0. The van der Waals surface area contributed by atoms with E-state index >= 15 is 0 Å². The van der Waals surface area contributed by atoms with Gasteiger partial charge in [0.25, 0.3) is 11.8 Å². The zero-order chi connectivity index (χ0) is 32.2. The van der Waals surface area contributed by atoms with Crippen molar-refractivity contribution in [2.24, 2.45) is 0 Å². The quantitative estimate of drug-likeness (QED) is 0.300. The number of nitrogens with zero attached hydrogens (tertiary/aromatic N) is 3. The Kier molecular flexibility index (Phi) is 9.06. The summed E-state index contributed by atoms with van der Waals surface area (Å²) in [7, 11) is 0. The van der Waals surface area contributed by atoms with Crippen LogP contribution in [0.4, 0.5) is 0 Å². The standard InChI is InChI=1S/C34H35N5O7/c1-2-45-34-26(18-28(40)46-34)37-30(41)27-20-38(32(43)22-11-4-3-5-12-22)19-23-13-7-9-15-25(33(44)39(23)27)36-31(42)29-24-14-8-6-10-21(24)16-17-35-29/h3-12,14,16-17,23,25-27,34H,2,13,15,18-20H2,1H3,(H,36,42)(H,37,41)/t23-,25-,26?,27-,34?/m0/s1. The lowest BCUT2D eigenvalue weighted by molar-refractivity contribution is -0.165. The number of pyridine rings is 1. The summed E-state index contributed by atoms with van der Waals surface area (Å²) >= 11 is 0. The number of piperazine rings is 1. The molecule has 2 N–H and O–H groups in total. The van der Waals surface area contributed by atoms with E-state index < -0.39 is 54.1 Å². The number of esters is 1. The van der Waals surface area contributed by atoms with Crippen LogP contribution in [0.25, 0.3) is 10.8 Å². The molecule has 4 amide bonds. The number of fused-ring (bicyclic) bond motifs is 2. The summed E-state index contributed by atoms with van der Waals surface area (Å²) in [5, 5.41) is 7.19. The van der Waals surface area contributed by atoms with Gasteiger partial charge in [-0.3, -0.25) is 29.0 Å². The summed E-state index contributed by atoms with van der Waals surface area (Å²) in [6.07, 6.45) is 4.82. The molecule has 4 heterocycles. The van der Waals surface area contributed by atoms with Gasteiger partial charge < -0.3 is 29.9 Å². The van der Waals surface area contributed by atoms with Gasteiger partial charge in [-0.15, -0.1) is 0 Å². The number of carbonyl (C=O) groups is 5. The van der Waals surface area contributed by atoms with E-state index in [0.717, 1.165) is 5.39 Å². The van der Waals surface area contributed by atoms with Gasteiger partial charge in [0.05, 0.1) is 19.0 Å². The maximum Gasteiger partial charge on any atom is 0.310 e. The fourth-order valence-corrected chi connectivity index (χ4v) is 6.29. The van der Waals surface area contributed by atoms with Crippen molar-refractivity contribution in [1.82, 2.24) is 25.4 Å². The highest BCUT2D eigenvalue weighted by Crippen LogP contribution is 2.26. The second-order valence-corrected chi connectivity index (χ2v) is 11.5. The number of carbonyl (C=O) groups excluding carboxylic acids is 5. The van der Waals surface area contributed by atoms with Crippen molar-refractivity contribution in [3.8, 4) is 0 Å². The molecule has 0 saturated carbocycles. The number of nitrogens with one attached hydrogen (secondary N) is 2. The lowest BCUT2D eigenvalue weighted by Gasteiger charge is -2.47. The zero-order valence-corrected chi connectivity index (χ0v) is 25.3. The van der Waals surface area contributed by atoms with Crippen molar-refractivity contribution in [3.63, 3.8) is 0 Å². The molecular weight excluding hydrogens is 590 g/mol. The lowest BCUT2D eigenvalue weighted by Crippen LogP contribution is -2.68. The Morgan fingerprint density at radius 2 is 1.72 bits per heavy atom. The minimum Gasteiger partial charge on any atom is -0.433 e. The van der Waals surface area contributed by atoms with Gasteiger partial charge in [0, 0.05) is 30.3 Å². The number of benzene rings is 2. The number of rotatable bonds is 7. The number of amides is 4. The Labute approximate surface area is 265 Å². The van der Waals surface area contributed by atoms with Gasteiger partial charge >= 0.3 is 5.97 Å². The zero-order valence-electron chi connectivity index (χ0n) is 25.3. The second-order valence-electron chi connectivity index (χ2n) is 11.5. The van der Waals surface area contributed by atoms with Crippen molar-refractivity contribution in [3.05, 3.63) is 90.3 Å². The van der Waals surface area contributed by atoms with Crippen molar-refractivity contribution in [2.75, 3.05) is 19.7 Å². The first-order chi connectivity index (χ1) is 22.3. The fourth-order valence-electron chi connectivity index (χ4n) is 6.29. The molecule has 0 aliphatic carbocycles. The largest absolute Gasteiger partial charge is 0.433 e.